The first-order chi connectivity index (χ1) is 20.4. The molecule has 42 heavy (non-hydrogen) atoms. The quantitative estimate of drug-likeness (QED) is 0.162. The van der Waals surface area contributed by atoms with Gasteiger partial charge < -0.3 is 20.1 Å². The van der Waals surface area contributed by atoms with E-state index in [0.717, 1.165) is 47.9 Å². The van der Waals surface area contributed by atoms with E-state index in [1.165, 1.54) is 0 Å². The minimum atomic E-state index is -0.899. The number of benzene rings is 4. The van der Waals surface area contributed by atoms with Crippen molar-refractivity contribution in [1.29, 1.82) is 0 Å². The van der Waals surface area contributed by atoms with Crippen molar-refractivity contribution in [2.75, 3.05) is 13.1 Å². The number of unbranched alkanes of at least 4 members (excludes halogenated alkanes) is 3. The van der Waals surface area contributed by atoms with Gasteiger partial charge in [-0.15, -0.1) is 0 Å². The van der Waals surface area contributed by atoms with Crippen LogP contribution in [0.15, 0.2) is 121 Å². The fourth-order valence-corrected chi connectivity index (χ4v) is 5.02. The highest BCUT2D eigenvalue weighted by Gasteiger charge is 2.34. The zero-order valence-electron chi connectivity index (χ0n) is 24.4. The summed E-state index contributed by atoms with van der Waals surface area (Å²) in [6, 6.07) is 39.0. The molecule has 6 nitrogen and oxygen atoms in total. The third-order valence-corrected chi connectivity index (χ3v) is 7.53. The molecule has 0 aliphatic rings. The lowest BCUT2D eigenvalue weighted by Crippen LogP contribution is -2.36. The van der Waals surface area contributed by atoms with Gasteiger partial charge in [0.1, 0.15) is 0 Å². The molecule has 6 heteroatoms. The lowest BCUT2D eigenvalue weighted by atomic mass is 9.88. The first-order valence-electron chi connectivity index (χ1n) is 14.6. The lowest BCUT2D eigenvalue weighted by molar-refractivity contribution is 0.0512. The Labute approximate surface area is 249 Å². The van der Waals surface area contributed by atoms with Gasteiger partial charge in [0.05, 0.1) is 0 Å². The van der Waals surface area contributed by atoms with Gasteiger partial charge in [-0.3, -0.25) is 0 Å². The Morgan fingerprint density at radius 2 is 0.738 bits per heavy atom. The largest absolute Gasteiger partial charge is 0.433 e. The molecule has 0 radical (unpaired) electrons. The monoisotopic (exact) mass is 564 g/mol. The molecule has 0 fully saturated rings. The molecule has 0 spiro atoms. The second-order valence-electron chi connectivity index (χ2n) is 10.6. The first kappa shape index (κ1) is 30.4. The second-order valence-corrected chi connectivity index (χ2v) is 10.6. The van der Waals surface area contributed by atoms with Gasteiger partial charge in [0, 0.05) is 13.1 Å². The van der Waals surface area contributed by atoms with Crippen LogP contribution >= 0.6 is 0 Å². The van der Waals surface area contributed by atoms with Crippen LogP contribution in [0.4, 0.5) is 9.59 Å². The summed E-state index contributed by atoms with van der Waals surface area (Å²) in [5.74, 6) is 0. The second kappa shape index (κ2) is 14.9. The van der Waals surface area contributed by atoms with Gasteiger partial charge in [-0.05, 0) is 48.9 Å². The van der Waals surface area contributed by atoms with Gasteiger partial charge in [0.15, 0.2) is 11.2 Å². The van der Waals surface area contributed by atoms with Crippen LogP contribution in [0.5, 0.6) is 0 Å². The molecule has 0 heterocycles. The van der Waals surface area contributed by atoms with E-state index < -0.39 is 23.4 Å². The molecule has 4 aromatic carbocycles. The van der Waals surface area contributed by atoms with Crippen molar-refractivity contribution in [3.8, 4) is 0 Å². The zero-order chi connectivity index (χ0) is 29.7. The van der Waals surface area contributed by atoms with Crippen molar-refractivity contribution in [3.63, 3.8) is 0 Å². The van der Waals surface area contributed by atoms with Crippen LogP contribution in [0.2, 0.25) is 0 Å². The average molecular weight is 565 g/mol. The Morgan fingerprint density at radius 3 is 1.00 bits per heavy atom. The van der Waals surface area contributed by atoms with E-state index in [0.29, 0.717) is 13.1 Å². The topological polar surface area (TPSA) is 76.7 Å². The fraction of sp³-hybridized carbons (Fsp3) is 0.278. The highest BCUT2D eigenvalue weighted by Crippen LogP contribution is 2.34. The van der Waals surface area contributed by atoms with E-state index in [-0.39, 0.29) is 0 Å². The molecule has 218 valence electrons. The van der Waals surface area contributed by atoms with Crippen LogP contribution in [0, 0.1) is 0 Å². The van der Waals surface area contributed by atoms with Crippen molar-refractivity contribution in [3.05, 3.63) is 144 Å². The van der Waals surface area contributed by atoms with Crippen molar-refractivity contribution in [1.82, 2.24) is 10.6 Å². The van der Waals surface area contributed by atoms with Crippen molar-refractivity contribution >= 4 is 12.2 Å². The van der Waals surface area contributed by atoms with Gasteiger partial charge in [0.2, 0.25) is 0 Å². The third-order valence-electron chi connectivity index (χ3n) is 7.53. The number of nitrogens with one attached hydrogen (secondary N) is 2. The summed E-state index contributed by atoms with van der Waals surface area (Å²) in [7, 11) is 0. The SMILES string of the molecule is CC(OC(=O)NCCCCCCNC(=O)OC(C)(c1ccccc1)c1ccccc1)(c1ccccc1)c1ccccc1. The average Bonchev–Trinajstić information content (AvgIpc) is 3.04. The molecule has 0 aliphatic heterocycles. The summed E-state index contributed by atoms with van der Waals surface area (Å²) in [4.78, 5) is 25.5. The van der Waals surface area contributed by atoms with Crippen molar-refractivity contribution in [2.24, 2.45) is 0 Å². The number of alkyl carbamates (subject to hydrolysis) is 2. The Bertz CT molecular complexity index is 1190. The number of carbonyl (C=O) groups is 2. The minimum Gasteiger partial charge on any atom is -0.433 e. The number of amides is 2. The molecule has 4 rings (SSSR count). The number of carbonyl (C=O) groups excluding carboxylic acids is 2. The molecular formula is C36H40N2O4. The first-order valence-corrected chi connectivity index (χ1v) is 14.6. The van der Waals surface area contributed by atoms with E-state index in [2.05, 4.69) is 10.6 Å². The Hall–Kier alpha value is -4.58. The van der Waals surface area contributed by atoms with Crippen LogP contribution in [0.3, 0.4) is 0 Å². The maximum Gasteiger partial charge on any atom is 0.408 e. The highest BCUT2D eigenvalue weighted by atomic mass is 16.6. The maximum absolute atomic E-state index is 12.7. The molecule has 0 atom stereocenters. The highest BCUT2D eigenvalue weighted by molar-refractivity contribution is 5.69. The van der Waals surface area contributed by atoms with Gasteiger partial charge in [-0.2, -0.15) is 0 Å². The summed E-state index contributed by atoms with van der Waals surface area (Å²) < 4.78 is 11.9. The number of rotatable bonds is 13. The minimum absolute atomic E-state index is 0.450. The summed E-state index contributed by atoms with van der Waals surface area (Å²) in [5, 5.41) is 5.79. The van der Waals surface area contributed by atoms with E-state index >= 15 is 0 Å². The molecule has 0 saturated carbocycles. The predicted molar refractivity (Wildman–Crippen MR) is 166 cm³/mol. The molecular weight excluding hydrogens is 524 g/mol. The summed E-state index contributed by atoms with van der Waals surface area (Å²) >= 11 is 0. The van der Waals surface area contributed by atoms with Gasteiger partial charge in [-0.1, -0.05) is 134 Å². The number of ether oxygens (including phenoxy) is 2. The summed E-state index contributed by atoms with van der Waals surface area (Å²) in [6.45, 7) is 4.86. The molecule has 0 unspecified atom stereocenters. The van der Waals surface area contributed by atoms with Gasteiger partial charge >= 0.3 is 12.2 Å². The molecule has 0 aromatic heterocycles. The summed E-state index contributed by atoms with van der Waals surface area (Å²) in [6.07, 6.45) is 2.55. The van der Waals surface area contributed by atoms with Crippen LogP contribution in [0.1, 0.15) is 61.8 Å². The zero-order valence-corrected chi connectivity index (χ0v) is 24.4. The van der Waals surface area contributed by atoms with E-state index in [1.807, 2.05) is 135 Å². The lowest BCUT2D eigenvalue weighted by Gasteiger charge is -2.30. The van der Waals surface area contributed by atoms with Crippen LogP contribution < -0.4 is 10.6 Å². The molecule has 0 bridgehead atoms. The fourth-order valence-electron chi connectivity index (χ4n) is 5.02. The molecule has 4 aromatic rings. The maximum atomic E-state index is 12.7. The standard InChI is InChI=1S/C36H40N2O4/c1-35(29-19-9-5-10-20-29,30-21-11-6-12-22-30)41-33(39)37-27-17-3-4-18-28-38-34(40)42-36(2,31-23-13-7-14-24-31)32-25-15-8-16-26-32/h5-16,19-26H,3-4,17-18,27-28H2,1-2H3,(H,37,39)(H,38,40). The third kappa shape index (κ3) is 8.00. The molecule has 2 N–H and O–H groups in total. The van der Waals surface area contributed by atoms with Gasteiger partial charge in [-0.25, -0.2) is 9.59 Å². The number of hydrogen-bond acceptors (Lipinski definition) is 4. The van der Waals surface area contributed by atoms with E-state index in [4.69, 9.17) is 9.47 Å². The molecule has 0 aliphatic carbocycles. The van der Waals surface area contributed by atoms with Crippen molar-refractivity contribution < 1.29 is 19.1 Å². The Kier molecular flexibility index (Phi) is 10.8. The predicted octanol–water partition coefficient (Wildman–Crippen LogP) is 7.93. The smallest absolute Gasteiger partial charge is 0.408 e. The number of hydrogen-bond donors (Lipinski definition) is 2. The molecule has 2 amide bonds. The molecule has 0 saturated heterocycles. The Morgan fingerprint density at radius 1 is 0.476 bits per heavy atom. The van der Waals surface area contributed by atoms with Crippen LogP contribution in [0.25, 0.3) is 0 Å². The van der Waals surface area contributed by atoms with Crippen molar-refractivity contribution in [2.45, 2.75) is 50.7 Å². The van der Waals surface area contributed by atoms with E-state index in [1.54, 1.807) is 0 Å². The van der Waals surface area contributed by atoms with Gasteiger partial charge in [0.25, 0.3) is 0 Å². The Balaban J connectivity index is 1.17. The normalized spacial score (nSPS) is 11.4. The van der Waals surface area contributed by atoms with Crippen LogP contribution in [-0.2, 0) is 20.7 Å². The van der Waals surface area contributed by atoms with E-state index in [9.17, 15) is 9.59 Å². The summed E-state index contributed by atoms with van der Waals surface area (Å²) in [5.41, 5.74) is 1.83. The van der Waals surface area contributed by atoms with Crippen LogP contribution in [-0.4, -0.2) is 25.3 Å².